The Bertz CT molecular complexity index is 2660. The number of unbranched alkanes of at least 4 members (excludes halogenated alkanes) is 42. The Balaban J connectivity index is 1.35. The lowest BCUT2D eigenvalue weighted by Gasteiger charge is -2.31. The summed E-state index contributed by atoms with van der Waals surface area (Å²) < 4.78 is 0. The summed E-state index contributed by atoms with van der Waals surface area (Å²) in [6.45, 7) is 13.9. The third-order valence-corrected chi connectivity index (χ3v) is 22.1. The van der Waals surface area contributed by atoms with E-state index in [-0.39, 0.29) is 0 Å². The number of pyridine rings is 4. The molecule has 0 N–H and O–H groups in total. The molecule has 7 heteroatoms. The van der Waals surface area contributed by atoms with Crippen molar-refractivity contribution in [2.45, 2.75) is 388 Å². The van der Waals surface area contributed by atoms with E-state index in [2.05, 4.69) is 196 Å². The molecule has 7 nitrogen and oxygen atoms in total. The highest BCUT2D eigenvalue weighted by atomic mass is 15.3. The van der Waals surface area contributed by atoms with E-state index in [9.17, 15) is 0 Å². The van der Waals surface area contributed by atoms with Crippen molar-refractivity contribution < 1.29 is 0 Å². The summed E-state index contributed by atoms with van der Waals surface area (Å²) in [5.41, 5.74) is 12.1. The lowest BCUT2D eigenvalue weighted by Crippen LogP contribution is -2.19. The molecule has 0 aliphatic heterocycles. The summed E-state index contributed by atoms with van der Waals surface area (Å²) >= 11 is 0. The van der Waals surface area contributed by atoms with Gasteiger partial charge in [0.15, 0.2) is 0 Å². The minimum absolute atomic E-state index is 0.784. The number of aromatic nitrogens is 4. The zero-order chi connectivity index (χ0) is 73.7. The van der Waals surface area contributed by atoms with E-state index in [1.54, 1.807) is 0 Å². The predicted molar refractivity (Wildman–Crippen MR) is 460 cm³/mol. The fourth-order valence-corrected chi connectivity index (χ4v) is 15.3. The third kappa shape index (κ3) is 34.2. The van der Waals surface area contributed by atoms with Crippen LogP contribution in [0, 0.1) is 0 Å². The highest BCUT2D eigenvalue weighted by Gasteiger charge is 2.26. The Hall–Kier alpha value is -6.34. The van der Waals surface area contributed by atoms with Crippen LogP contribution in [0.15, 0.2) is 140 Å². The second-order valence-corrected chi connectivity index (χ2v) is 31.5. The third-order valence-electron chi connectivity index (χ3n) is 22.1. The molecule has 0 bridgehead atoms. The van der Waals surface area contributed by atoms with Gasteiger partial charge in [-0.1, -0.05) is 366 Å². The summed E-state index contributed by atoms with van der Waals surface area (Å²) in [6.07, 6.45) is 75.8. The number of rotatable bonds is 63. The summed E-state index contributed by atoms with van der Waals surface area (Å²) in [5, 5.41) is 0. The maximum absolute atomic E-state index is 5.98. The van der Waals surface area contributed by atoms with Gasteiger partial charge in [-0.05, 0) is 165 Å². The molecule has 4 aromatic heterocycles. The first-order valence-corrected chi connectivity index (χ1v) is 44.5. The van der Waals surface area contributed by atoms with Gasteiger partial charge in [0.25, 0.3) is 0 Å². The molecule has 105 heavy (non-hydrogen) atoms. The van der Waals surface area contributed by atoms with Crippen LogP contribution in [0.1, 0.15) is 383 Å². The van der Waals surface area contributed by atoms with Gasteiger partial charge in [-0.25, -0.2) is 19.9 Å². The lowest BCUT2D eigenvalue weighted by molar-refractivity contribution is 0.575. The monoisotopic (exact) mass is 1420 g/mol. The highest BCUT2D eigenvalue weighted by Crippen LogP contribution is 2.44. The molecule has 4 heterocycles. The fraction of sp³-hybridized carbons (Fsp3) is 0.612. The van der Waals surface area contributed by atoms with Gasteiger partial charge < -0.3 is 0 Å². The van der Waals surface area contributed by atoms with E-state index in [1.165, 1.54) is 342 Å². The van der Waals surface area contributed by atoms with E-state index >= 15 is 0 Å². The Morgan fingerprint density at radius 2 is 0.371 bits per heavy atom. The molecule has 0 radical (unpaired) electrons. The maximum atomic E-state index is 5.98. The van der Waals surface area contributed by atoms with Crippen LogP contribution in [0.3, 0.4) is 0 Å². The second kappa shape index (κ2) is 55.1. The first kappa shape index (κ1) is 85.9. The largest absolute Gasteiger partial charge is 0.295 e. The minimum Gasteiger partial charge on any atom is -0.295 e. The maximum Gasteiger partial charge on any atom is 0.143 e. The number of anilines is 9. The van der Waals surface area contributed by atoms with Crippen LogP contribution in [0.2, 0.25) is 0 Å². The first-order valence-electron chi connectivity index (χ1n) is 44.5. The minimum atomic E-state index is 0.784. The van der Waals surface area contributed by atoms with Crippen LogP contribution >= 0.6 is 0 Å². The second-order valence-electron chi connectivity index (χ2n) is 31.5. The van der Waals surface area contributed by atoms with Crippen molar-refractivity contribution in [1.29, 1.82) is 0 Å². The van der Waals surface area contributed by atoms with Gasteiger partial charge in [0.2, 0.25) is 0 Å². The zero-order valence-corrected chi connectivity index (χ0v) is 68.1. The SMILES string of the molecule is CCCCCCCCCCc1ccc(N(c2cc(N(c3ccc(CCCCCCCCCC)cc3)c3ccc(CCCCCCCCCC)cn3)nc(N(c3ccc(CCCCCCCCCC)cc3)c3ccc(CCCCCCCCCC)cn3)c2)c2ccc(CCCCCCCCCC)cn2)cc1. The molecule has 7 aromatic rings. The van der Waals surface area contributed by atoms with Gasteiger partial charge in [0.1, 0.15) is 29.1 Å². The molecule has 3 aromatic carbocycles. The van der Waals surface area contributed by atoms with Crippen molar-refractivity contribution in [1.82, 2.24) is 19.9 Å². The van der Waals surface area contributed by atoms with Crippen LogP contribution in [-0.4, -0.2) is 19.9 Å². The molecule has 0 fully saturated rings. The molecule has 576 valence electrons. The highest BCUT2D eigenvalue weighted by molar-refractivity contribution is 5.84. The van der Waals surface area contributed by atoms with E-state index in [0.29, 0.717) is 0 Å². The van der Waals surface area contributed by atoms with Crippen molar-refractivity contribution >= 4 is 51.8 Å². The van der Waals surface area contributed by atoms with Gasteiger partial charge >= 0.3 is 0 Å². The van der Waals surface area contributed by atoms with Crippen LogP contribution < -0.4 is 14.7 Å². The van der Waals surface area contributed by atoms with Gasteiger partial charge in [0.05, 0.1) is 5.69 Å². The van der Waals surface area contributed by atoms with E-state index in [0.717, 1.165) is 90.4 Å². The Morgan fingerprint density at radius 1 is 0.181 bits per heavy atom. The van der Waals surface area contributed by atoms with E-state index < -0.39 is 0 Å². The van der Waals surface area contributed by atoms with Gasteiger partial charge in [-0.3, -0.25) is 14.7 Å². The number of hydrogen-bond donors (Lipinski definition) is 0. The van der Waals surface area contributed by atoms with Crippen LogP contribution in [-0.2, 0) is 38.5 Å². The fourth-order valence-electron chi connectivity index (χ4n) is 15.3. The Morgan fingerprint density at radius 3 is 0.590 bits per heavy atom. The molecule has 7 rings (SSSR count). The first-order chi connectivity index (χ1) is 51.9. The van der Waals surface area contributed by atoms with Crippen molar-refractivity contribution in [2.75, 3.05) is 14.7 Å². The average Bonchev–Trinajstić information content (AvgIpc) is 0.764. The number of nitrogens with zero attached hydrogens (tertiary/aromatic N) is 7. The van der Waals surface area contributed by atoms with Crippen molar-refractivity contribution in [2.24, 2.45) is 0 Å². The summed E-state index contributed by atoms with van der Waals surface area (Å²) in [7, 11) is 0. The molecule has 0 atom stereocenters. The molecule has 0 aliphatic carbocycles. The Labute approximate surface area is 644 Å². The number of hydrogen-bond acceptors (Lipinski definition) is 7. The van der Waals surface area contributed by atoms with Gasteiger partial charge in [-0.2, -0.15) is 0 Å². The predicted octanol–water partition coefficient (Wildman–Crippen LogP) is 31.8. The zero-order valence-electron chi connectivity index (χ0n) is 68.1. The lowest BCUT2D eigenvalue weighted by atomic mass is 10.0. The van der Waals surface area contributed by atoms with Crippen LogP contribution in [0.5, 0.6) is 0 Å². The molecule has 0 amide bonds. The molecule has 0 spiro atoms. The van der Waals surface area contributed by atoms with Crippen LogP contribution in [0.4, 0.5) is 51.8 Å². The molecule has 0 saturated heterocycles. The van der Waals surface area contributed by atoms with Crippen LogP contribution in [0.25, 0.3) is 0 Å². The van der Waals surface area contributed by atoms with E-state index in [1.807, 2.05) is 0 Å². The summed E-state index contributed by atoms with van der Waals surface area (Å²) in [4.78, 5) is 29.4. The van der Waals surface area contributed by atoms with Gasteiger partial charge in [-0.15, -0.1) is 0 Å². The molecular weight excluding hydrogens is 1280 g/mol. The van der Waals surface area contributed by atoms with Gasteiger partial charge in [0, 0.05) is 47.8 Å². The normalized spacial score (nSPS) is 11.5. The molecule has 0 saturated carbocycles. The smallest absolute Gasteiger partial charge is 0.143 e. The van der Waals surface area contributed by atoms with E-state index in [4.69, 9.17) is 19.9 Å². The summed E-state index contributed by atoms with van der Waals surface area (Å²) in [5.74, 6) is 4.15. The summed E-state index contributed by atoms with van der Waals surface area (Å²) in [6, 6.07) is 46.7. The van der Waals surface area contributed by atoms with Crippen molar-refractivity contribution in [3.05, 3.63) is 173 Å². The number of aryl methyl sites for hydroxylation is 6. The Kier molecular flexibility index (Phi) is 45.1. The standard InChI is InChI=1S/C98H149N7/c1-7-13-19-25-31-37-43-49-55-84-61-70-90(71-62-84)103(94-76-67-87(81-99-94)58-52-46-40-34-28-22-16-10-4)93-79-97(104(91-72-63-85(64-73-91)56-50-44-38-32-26-20-14-8-2)95-77-68-88(82-100-95)59-53-47-41-35-29-23-17-11-5)102-98(80-93)105(92-74-65-86(66-75-92)57-51-45-39-33-27-21-15-9-3)96-78-69-89(83-101-96)60-54-48-42-36-30-24-18-12-6/h61-83H,7-60H2,1-6H3. The van der Waals surface area contributed by atoms with Crippen molar-refractivity contribution in [3.63, 3.8) is 0 Å². The molecular formula is C98H149N7. The topological polar surface area (TPSA) is 61.3 Å². The average molecular weight is 1430 g/mol. The quantitative estimate of drug-likeness (QED) is 0.0352. The number of benzene rings is 3. The molecule has 0 aliphatic rings. The molecule has 0 unspecified atom stereocenters. The van der Waals surface area contributed by atoms with Crippen molar-refractivity contribution in [3.8, 4) is 0 Å².